The lowest BCUT2D eigenvalue weighted by atomic mass is 10.2. The largest absolute Gasteiger partial charge is 0.454 e. The fourth-order valence-electron chi connectivity index (χ4n) is 2.75. The van der Waals surface area contributed by atoms with Gasteiger partial charge in [0.15, 0.2) is 11.5 Å². The van der Waals surface area contributed by atoms with Gasteiger partial charge in [0.25, 0.3) is 0 Å². The molecule has 2 aromatic rings. The molecule has 3 rings (SSSR count). The lowest BCUT2D eigenvalue weighted by Gasteiger charge is -2.27. The van der Waals surface area contributed by atoms with Crippen LogP contribution in [0.25, 0.3) is 0 Å². The van der Waals surface area contributed by atoms with Crippen LogP contribution in [-0.4, -0.2) is 41.5 Å². The van der Waals surface area contributed by atoms with Crippen LogP contribution >= 0.6 is 11.3 Å². The lowest BCUT2D eigenvalue weighted by molar-refractivity contribution is 0.0231. The Morgan fingerprint density at radius 2 is 2.14 bits per heavy atom. The second-order valence-electron chi connectivity index (χ2n) is 7.55. The summed E-state index contributed by atoms with van der Waals surface area (Å²) in [5.41, 5.74) is 0.443. The molecule has 0 bridgehead atoms. The van der Waals surface area contributed by atoms with Crippen molar-refractivity contribution in [2.24, 2.45) is 0 Å². The molecule has 0 atom stereocenters. The second-order valence-corrected chi connectivity index (χ2v) is 8.52. The van der Waals surface area contributed by atoms with Gasteiger partial charge in [0, 0.05) is 31.2 Å². The van der Waals surface area contributed by atoms with E-state index in [4.69, 9.17) is 14.2 Å². The molecule has 1 aromatic heterocycles. The normalized spacial score (nSPS) is 12.8. The van der Waals surface area contributed by atoms with Crippen molar-refractivity contribution in [2.45, 2.75) is 45.9 Å². The number of carbonyl (C=O) groups is 1. The van der Waals surface area contributed by atoms with Gasteiger partial charge in [-0.3, -0.25) is 0 Å². The van der Waals surface area contributed by atoms with E-state index in [2.05, 4.69) is 10.3 Å². The minimum Gasteiger partial charge on any atom is -0.454 e. The van der Waals surface area contributed by atoms with Gasteiger partial charge in [0.2, 0.25) is 6.79 Å². The number of aromatic nitrogens is 1. The zero-order valence-electron chi connectivity index (χ0n) is 16.6. The van der Waals surface area contributed by atoms with Crippen molar-refractivity contribution in [1.82, 2.24) is 15.2 Å². The van der Waals surface area contributed by atoms with Gasteiger partial charge in [0.05, 0.1) is 0 Å². The quantitative estimate of drug-likeness (QED) is 0.674. The first-order valence-corrected chi connectivity index (χ1v) is 10.2. The zero-order chi connectivity index (χ0) is 20.0. The topological polar surface area (TPSA) is 72.9 Å². The summed E-state index contributed by atoms with van der Waals surface area (Å²) in [4.78, 5) is 18.6. The number of fused-ring (bicyclic) bond motifs is 1. The predicted molar refractivity (Wildman–Crippen MR) is 108 cm³/mol. The van der Waals surface area contributed by atoms with E-state index in [0.717, 1.165) is 35.8 Å². The fourth-order valence-corrected chi connectivity index (χ4v) is 3.34. The van der Waals surface area contributed by atoms with Gasteiger partial charge in [-0.15, -0.1) is 11.3 Å². The molecule has 2 heterocycles. The summed E-state index contributed by atoms with van der Waals surface area (Å²) in [6.07, 6.45) is 2.30. The van der Waals surface area contributed by atoms with E-state index in [0.29, 0.717) is 18.8 Å². The van der Waals surface area contributed by atoms with E-state index >= 15 is 0 Å². The third kappa shape index (κ3) is 6.10. The van der Waals surface area contributed by atoms with Gasteiger partial charge >= 0.3 is 6.09 Å². The maximum Gasteiger partial charge on any atom is 0.410 e. The Labute approximate surface area is 169 Å². The Balaban J connectivity index is 1.55. The Hall–Kier alpha value is -2.32. The molecular weight excluding hydrogens is 378 g/mol. The molecule has 0 spiro atoms. The van der Waals surface area contributed by atoms with Crippen molar-refractivity contribution in [1.29, 1.82) is 0 Å². The molecule has 1 aliphatic rings. The Kier molecular flexibility index (Phi) is 6.74. The number of hydrogen-bond acceptors (Lipinski definition) is 7. The minimum atomic E-state index is -0.534. The van der Waals surface area contributed by atoms with Crippen molar-refractivity contribution >= 4 is 17.4 Å². The molecular formula is C20H27N3O4S. The number of rotatable bonds is 8. The van der Waals surface area contributed by atoms with Crippen LogP contribution in [0.15, 0.2) is 29.8 Å². The predicted octanol–water partition coefficient (Wildman–Crippen LogP) is 3.79. The SMILES string of the molecule is CC(C)(C)OC(=O)N(CCCNCc1nccs1)Cc1ccc2c(c1)OCO2. The first-order chi connectivity index (χ1) is 13.4. The molecule has 0 saturated heterocycles. The van der Waals surface area contributed by atoms with Crippen LogP contribution < -0.4 is 14.8 Å². The van der Waals surface area contributed by atoms with Crippen LogP contribution in [0, 0.1) is 0 Å². The summed E-state index contributed by atoms with van der Waals surface area (Å²) in [6, 6.07) is 5.74. The van der Waals surface area contributed by atoms with Crippen molar-refractivity contribution in [3.05, 3.63) is 40.3 Å². The molecule has 1 aromatic carbocycles. The number of nitrogens with zero attached hydrogens (tertiary/aromatic N) is 2. The molecule has 0 saturated carbocycles. The number of amides is 1. The van der Waals surface area contributed by atoms with Crippen molar-refractivity contribution in [2.75, 3.05) is 19.9 Å². The number of ether oxygens (including phenoxy) is 3. The number of hydrogen-bond donors (Lipinski definition) is 1. The molecule has 0 unspecified atom stereocenters. The fraction of sp³-hybridized carbons (Fsp3) is 0.500. The molecule has 7 nitrogen and oxygen atoms in total. The van der Waals surface area contributed by atoms with Gasteiger partial charge in [-0.05, 0) is 51.4 Å². The van der Waals surface area contributed by atoms with Gasteiger partial charge in [0.1, 0.15) is 10.6 Å². The van der Waals surface area contributed by atoms with Gasteiger partial charge < -0.3 is 24.4 Å². The summed E-state index contributed by atoms with van der Waals surface area (Å²) in [5.74, 6) is 1.45. The van der Waals surface area contributed by atoms with Crippen molar-refractivity contribution in [3.63, 3.8) is 0 Å². The lowest BCUT2D eigenvalue weighted by Crippen LogP contribution is -2.37. The first-order valence-electron chi connectivity index (χ1n) is 9.36. The Bertz CT molecular complexity index is 774. The van der Waals surface area contributed by atoms with E-state index < -0.39 is 5.60 Å². The molecule has 0 fully saturated rings. The summed E-state index contributed by atoms with van der Waals surface area (Å²) in [6.45, 7) is 8.44. The first kappa shape index (κ1) is 20.4. The van der Waals surface area contributed by atoms with Crippen molar-refractivity contribution < 1.29 is 19.0 Å². The summed E-state index contributed by atoms with van der Waals surface area (Å²) < 4.78 is 16.4. The van der Waals surface area contributed by atoms with E-state index in [9.17, 15) is 4.79 Å². The van der Waals surface area contributed by atoms with Gasteiger partial charge in [-0.2, -0.15) is 0 Å². The Morgan fingerprint density at radius 1 is 1.32 bits per heavy atom. The van der Waals surface area contributed by atoms with Crippen LogP contribution in [0.5, 0.6) is 11.5 Å². The third-order valence-electron chi connectivity index (χ3n) is 4.00. The zero-order valence-corrected chi connectivity index (χ0v) is 17.4. The van der Waals surface area contributed by atoms with E-state index in [1.54, 1.807) is 22.4 Å². The molecule has 1 amide bonds. The average molecular weight is 406 g/mol. The molecule has 28 heavy (non-hydrogen) atoms. The van der Waals surface area contributed by atoms with Crippen LogP contribution in [0.2, 0.25) is 0 Å². The summed E-state index contributed by atoms with van der Waals surface area (Å²) in [5, 5.41) is 6.39. The van der Waals surface area contributed by atoms with Gasteiger partial charge in [-0.25, -0.2) is 9.78 Å². The monoisotopic (exact) mass is 405 g/mol. The summed E-state index contributed by atoms with van der Waals surface area (Å²) in [7, 11) is 0. The van der Waals surface area contributed by atoms with Crippen molar-refractivity contribution in [3.8, 4) is 11.5 Å². The molecule has 1 N–H and O–H groups in total. The number of nitrogens with one attached hydrogen (secondary N) is 1. The second kappa shape index (κ2) is 9.25. The van der Waals surface area contributed by atoms with Crippen LogP contribution in [0.1, 0.15) is 37.8 Å². The highest BCUT2D eigenvalue weighted by Crippen LogP contribution is 2.32. The van der Waals surface area contributed by atoms with Gasteiger partial charge in [-0.1, -0.05) is 6.07 Å². The Morgan fingerprint density at radius 3 is 2.89 bits per heavy atom. The highest BCUT2D eigenvalue weighted by molar-refractivity contribution is 7.09. The van der Waals surface area contributed by atoms with E-state index in [1.165, 1.54) is 0 Å². The highest BCUT2D eigenvalue weighted by Gasteiger charge is 2.23. The minimum absolute atomic E-state index is 0.235. The van der Waals surface area contributed by atoms with E-state index in [1.807, 2.05) is 44.4 Å². The van der Waals surface area contributed by atoms with E-state index in [-0.39, 0.29) is 12.9 Å². The smallest absolute Gasteiger partial charge is 0.410 e. The number of carbonyl (C=O) groups excluding carboxylic acids is 1. The van der Waals surface area contributed by atoms with Crippen LogP contribution in [0.3, 0.4) is 0 Å². The maximum absolute atomic E-state index is 12.7. The van der Waals surface area contributed by atoms with Crippen LogP contribution in [0.4, 0.5) is 4.79 Å². The molecule has 152 valence electrons. The molecule has 0 aliphatic carbocycles. The summed E-state index contributed by atoms with van der Waals surface area (Å²) >= 11 is 1.63. The maximum atomic E-state index is 12.7. The number of benzene rings is 1. The third-order valence-corrected chi connectivity index (χ3v) is 4.78. The standard InChI is InChI=1S/C20H27N3O4S/c1-20(2,3)27-19(24)23(9-4-7-21-12-18-22-8-10-28-18)13-15-5-6-16-17(11-15)26-14-25-16/h5-6,8,10-11,21H,4,7,9,12-14H2,1-3H3. The average Bonchev–Trinajstić information content (AvgIpc) is 3.30. The highest BCUT2D eigenvalue weighted by atomic mass is 32.1. The molecule has 1 aliphatic heterocycles. The molecule has 8 heteroatoms. The molecule has 0 radical (unpaired) electrons. The van der Waals surface area contributed by atoms with Crippen LogP contribution in [-0.2, 0) is 17.8 Å². The number of thiazole rings is 1.